The molecule has 0 saturated heterocycles. The number of hydrogen-bond donors (Lipinski definition) is 1. The Morgan fingerprint density at radius 2 is 1.55 bits per heavy atom. The summed E-state index contributed by atoms with van der Waals surface area (Å²) in [7, 11) is 5.40. The molecule has 0 bridgehead atoms. The van der Waals surface area contributed by atoms with Crippen LogP contribution in [0.5, 0.6) is 0 Å². The quantitative estimate of drug-likeness (QED) is 0.556. The monoisotopic (exact) mass is 152 g/mol. The first-order valence-electron chi connectivity index (χ1n) is 2.78. The minimum atomic E-state index is 0. The van der Waals surface area contributed by atoms with Gasteiger partial charge in [0.1, 0.15) is 0 Å². The molecule has 3 nitrogen and oxygen atoms in total. The van der Waals surface area contributed by atoms with Crippen molar-refractivity contribution in [3.8, 4) is 0 Å². The number of hydrogen-bond acceptors (Lipinski definition) is 3. The first-order valence-corrected chi connectivity index (χ1v) is 2.78. The van der Waals surface area contributed by atoms with E-state index in [2.05, 4.69) is 0 Å². The van der Waals surface area contributed by atoms with Crippen LogP contribution < -0.4 is 5.46 Å². The third-order valence-electron chi connectivity index (χ3n) is 1.16. The molecule has 1 aromatic carbocycles. The van der Waals surface area contributed by atoms with Gasteiger partial charge in [-0.15, -0.1) is 0 Å². The smallest absolute Gasteiger partial charge is 0.870 e. The van der Waals surface area contributed by atoms with E-state index in [0.29, 0.717) is 0 Å². The summed E-state index contributed by atoms with van der Waals surface area (Å²) < 4.78 is 0. The molecular weight excluding hydrogens is 143 g/mol. The summed E-state index contributed by atoms with van der Waals surface area (Å²) in [4.78, 5) is 0. The van der Waals surface area contributed by atoms with Gasteiger partial charge in [0.25, 0.3) is 0 Å². The second-order valence-corrected chi connectivity index (χ2v) is 1.90. The summed E-state index contributed by atoms with van der Waals surface area (Å²) in [6, 6.07) is 7.14. The van der Waals surface area contributed by atoms with Crippen molar-refractivity contribution >= 4 is 13.3 Å². The minimum Gasteiger partial charge on any atom is -0.870 e. The molecule has 0 aliphatic heterocycles. The molecule has 0 saturated carbocycles. The zero-order chi connectivity index (χ0) is 6.69. The second kappa shape index (κ2) is 5.91. The van der Waals surface area contributed by atoms with Crippen LogP contribution in [-0.2, 0) is 6.61 Å². The molecular formula is C7H9BO3. The molecule has 3 N–H and O–H groups in total. The van der Waals surface area contributed by atoms with Gasteiger partial charge in [-0.05, 0) is 0 Å². The molecule has 0 spiro atoms. The van der Waals surface area contributed by atoms with Crippen LogP contribution >= 0.6 is 0 Å². The van der Waals surface area contributed by atoms with Crippen LogP contribution in [0.4, 0.5) is 0 Å². The summed E-state index contributed by atoms with van der Waals surface area (Å²) in [6.45, 7) is 0.0836. The molecule has 0 aromatic heterocycles. The molecule has 0 atom stereocenters. The van der Waals surface area contributed by atoms with Gasteiger partial charge in [-0.2, -0.15) is 0 Å². The molecule has 1 aromatic rings. The molecule has 11 heavy (non-hydrogen) atoms. The predicted octanol–water partition coefficient (Wildman–Crippen LogP) is -0.381. The maximum Gasteiger partial charge on any atom is -0.870 e. The number of aliphatic hydroxyl groups is 1. The van der Waals surface area contributed by atoms with E-state index < -0.39 is 0 Å². The zero-order valence-corrected chi connectivity index (χ0v) is 5.94. The largest absolute Gasteiger partial charge is 0.870 e. The Balaban J connectivity index is 0. The number of aliphatic hydroxyl groups excluding tert-OH is 1. The van der Waals surface area contributed by atoms with Crippen molar-refractivity contribution in [2.45, 2.75) is 6.61 Å². The van der Waals surface area contributed by atoms with Crippen molar-refractivity contribution in [2.75, 3.05) is 0 Å². The molecule has 0 fully saturated rings. The number of benzene rings is 1. The maximum absolute atomic E-state index is 8.59. The Hall–Kier alpha value is -0.835. The Bertz CT molecular complexity index is 185. The number of rotatable bonds is 1. The fraction of sp³-hybridized carbons (Fsp3) is 0.143. The Morgan fingerprint density at radius 1 is 1.09 bits per heavy atom. The Labute approximate surface area is 66.7 Å². The molecule has 0 amide bonds. The van der Waals surface area contributed by atoms with E-state index in [1.807, 2.05) is 0 Å². The molecule has 0 aliphatic carbocycles. The van der Waals surface area contributed by atoms with Gasteiger partial charge in [0, 0.05) is 0 Å². The first-order chi connectivity index (χ1) is 4.33. The van der Waals surface area contributed by atoms with Gasteiger partial charge in [0.15, 0.2) is 0 Å². The first kappa shape index (κ1) is 12.8. The van der Waals surface area contributed by atoms with Crippen LogP contribution in [0.15, 0.2) is 24.3 Å². The van der Waals surface area contributed by atoms with Crippen LogP contribution in [0, 0.1) is 0 Å². The van der Waals surface area contributed by atoms with E-state index in [1.54, 1.807) is 24.3 Å². The van der Waals surface area contributed by atoms with Crippen LogP contribution in [0.2, 0.25) is 0 Å². The summed E-state index contributed by atoms with van der Waals surface area (Å²) >= 11 is 0. The van der Waals surface area contributed by atoms with E-state index in [-0.39, 0.29) is 17.6 Å². The van der Waals surface area contributed by atoms with Crippen molar-refractivity contribution in [1.82, 2.24) is 0 Å². The van der Waals surface area contributed by atoms with Crippen molar-refractivity contribution in [1.29, 1.82) is 0 Å². The van der Waals surface area contributed by atoms with E-state index >= 15 is 0 Å². The molecule has 4 heteroatoms. The maximum atomic E-state index is 8.59. The third-order valence-corrected chi connectivity index (χ3v) is 1.16. The van der Waals surface area contributed by atoms with Gasteiger partial charge < -0.3 is 11.0 Å². The normalized spacial score (nSPS) is 7.91. The van der Waals surface area contributed by atoms with Gasteiger partial charge in [0.05, 0.1) is 0 Å². The summed E-state index contributed by atoms with van der Waals surface area (Å²) in [5.74, 6) is 0. The van der Waals surface area contributed by atoms with E-state index in [4.69, 9.17) is 13.0 Å². The summed E-state index contributed by atoms with van der Waals surface area (Å²) in [6.07, 6.45) is 0. The van der Waals surface area contributed by atoms with Gasteiger partial charge in [-0.1, -0.05) is 0 Å². The molecule has 0 unspecified atom stereocenters. The van der Waals surface area contributed by atoms with E-state index in [1.165, 1.54) is 0 Å². The summed E-state index contributed by atoms with van der Waals surface area (Å²) in [5.41, 5.74) is 1.62. The van der Waals surface area contributed by atoms with Crippen molar-refractivity contribution in [3.63, 3.8) is 0 Å². The van der Waals surface area contributed by atoms with Gasteiger partial charge >= 0.3 is 54.9 Å². The molecule has 0 aliphatic rings. The second-order valence-electron chi connectivity index (χ2n) is 1.90. The van der Waals surface area contributed by atoms with Crippen LogP contribution in [0.25, 0.3) is 0 Å². The standard InChI is InChI=1S/C7H7BO.2H2O/c8-7-3-1-6(5-9)2-4-7;;/h1-4,9H,5H2;2*1H2/q+2;;/p-2. The third kappa shape index (κ3) is 3.77. The SMILES string of the molecule is [B+2]c1ccc(CO)cc1.[OH-].[OH-]. The fourth-order valence-electron chi connectivity index (χ4n) is 0.623. The average Bonchev–Trinajstić information content (AvgIpc) is 1.90. The fourth-order valence-corrected chi connectivity index (χ4v) is 0.623. The zero-order valence-electron chi connectivity index (χ0n) is 5.94. The van der Waals surface area contributed by atoms with Gasteiger partial charge in [-0.3, -0.25) is 0 Å². The molecule has 1 rings (SSSR count). The molecule has 0 radical (unpaired) electrons. The summed E-state index contributed by atoms with van der Waals surface area (Å²) in [5, 5.41) is 8.59. The van der Waals surface area contributed by atoms with Crippen molar-refractivity contribution in [3.05, 3.63) is 29.8 Å². The minimum absolute atomic E-state index is 0. The predicted molar refractivity (Wildman–Crippen MR) is 41.6 cm³/mol. The van der Waals surface area contributed by atoms with Crippen molar-refractivity contribution < 1.29 is 16.1 Å². The van der Waals surface area contributed by atoms with Crippen LogP contribution in [-0.4, -0.2) is 23.9 Å². The van der Waals surface area contributed by atoms with E-state index in [9.17, 15) is 0 Å². The topological polar surface area (TPSA) is 80.2 Å². The Kier molecular flexibility index (Phi) is 6.88. The molecule has 0 heterocycles. The molecule has 58 valence electrons. The van der Waals surface area contributed by atoms with Crippen molar-refractivity contribution in [2.24, 2.45) is 0 Å². The van der Waals surface area contributed by atoms with E-state index in [0.717, 1.165) is 11.0 Å². The van der Waals surface area contributed by atoms with Crippen LogP contribution in [0.3, 0.4) is 0 Å². The van der Waals surface area contributed by atoms with Crippen LogP contribution in [0.1, 0.15) is 5.56 Å². The Morgan fingerprint density at radius 3 is 1.91 bits per heavy atom. The average molecular weight is 152 g/mol. The van der Waals surface area contributed by atoms with Gasteiger partial charge in [0.2, 0.25) is 0 Å². The van der Waals surface area contributed by atoms with Gasteiger partial charge in [-0.25, -0.2) is 0 Å².